The highest BCUT2D eigenvalue weighted by atomic mass is 19.1. The molecule has 1 aliphatic heterocycles. The molecule has 0 amide bonds. The van der Waals surface area contributed by atoms with Crippen molar-refractivity contribution in [2.75, 3.05) is 45.9 Å². The van der Waals surface area contributed by atoms with Crippen molar-refractivity contribution < 1.29 is 4.39 Å². The molecule has 0 bridgehead atoms. The zero-order valence-electron chi connectivity index (χ0n) is 9.30. The van der Waals surface area contributed by atoms with Gasteiger partial charge in [-0.25, -0.2) is 4.39 Å². The van der Waals surface area contributed by atoms with E-state index >= 15 is 0 Å². The second-order valence-electron chi connectivity index (χ2n) is 4.53. The SMILES string of the molecule is CC(C)(CN)N1CCN(CCF)CC1. The van der Waals surface area contributed by atoms with Crippen LogP contribution in [-0.4, -0.2) is 61.3 Å². The molecular weight excluding hydrogens is 181 g/mol. The number of nitrogens with zero attached hydrogens (tertiary/aromatic N) is 2. The zero-order chi connectivity index (χ0) is 10.6. The molecule has 84 valence electrons. The van der Waals surface area contributed by atoms with Crippen LogP contribution in [0.5, 0.6) is 0 Å². The van der Waals surface area contributed by atoms with E-state index in [1.165, 1.54) is 0 Å². The first-order valence-electron chi connectivity index (χ1n) is 5.33. The summed E-state index contributed by atoms with van der Waals surface area (Å²) in [5.74, 6) is 0. The van der Waals surface area contributed by atoms with E-state index in [2.05, 4.69) is 23.6 Å². The summed E-state index contributed by atoms with van der Waals surface area (Å²) in [5, 5.41) is 0. The van der Waals surface area contributed by atoms with E-state index in [1.807, 2.05) is 0 Å². The van der Waals surface area contributed by atoms with Crippen LogP contribution < -0.4 is 5.73 Å². The van der Waals surface area contributed by atoms with Crippen LogP contribution >= 0.6 is 0 Å². The van der Waals surface area contributed by atoms with E-state index < -0.39 is 0 Å². The molecule has 0 radical (unpaired) electrons. The molecule has 2 N–H and O–H groups in total. The molecule has 1 saturated heterocycles. The first-order valence-corrected chi connectivity index (χ1v) is 5.33. The third-order valence-corrected chi connectivity index (χ3v) is 3.13. The van der Waals surface area contributed by atoms with Crippen LogP contribution in [0, 0.1) is 0 Å². The van der Waals surface area contributed by atoms with Gasteiger partial charge in [0.25, 0.3) is 0 Å². The maximum Gasteiger partial charge on any atom is 0.102 e. The van der Waals surface area contributed by atoms with Crippen molar-refractivity contribution in [2.45, 2.75) is 19.4 Å². The summed E-state index contributed by atoms with van der Waals surface area (Å²) >= 11 is 0. The molecule has 0 aromatic heterocycles. The van der Waals surface area contributed by atoms with E-state index in [9.17, 15) is 4.39 Å². The van der Waals surface area contributed by atoms with Crippen LogP contribution in [0.4, 0.5) is 4.39 Å². The third kappa shape index (κ3) is 2.90. The minimum atomic E-state index is -0.236. The van der Waals surface area contributed by atoms with E-state index in [0.717, 1.165) is 26.2 Å². The summed E-state index contributed by atoms with van der Waals surface area (Å²) < 4.78 is 12.1. The second-order valence-corrected chi connectivity index (χ2v) is 4.53. The van der Waals surface area contributed by atoms with Crippen LogP contribution in [0.2, 0.25) is 0 Å². The molecule has 0 aliphatic carbocycles. The van der Waals surface area contributed by atoms with Crippen molar-refractivity contribution >= 4 is 0 Å². The van der Waals surface area contributed by atoms with Crippen molar-refractivity contribution in [2.24, 2.45) is 5.73 Å². The maximum absolute atomic E-state index is 12.1. The van der Waals surface area contributed by atoms with Crippen molar-refractivity contribution in [3.05, 3.63) is 0 Å². The molecule has 0 saturated carbocycles. The van der Waals surface area contributed by atoms with Crippen LogP contribution in [0.3, 0.4) is 0 Å². The van der Waals surface area contributed by atoms with Gasteiger partial charge in [-0.15, -0.1) is 0 Å². The summed E-state index contributed by atoms with van der Waals surface area (Å²) in [5.41, 5.74) is 5.80. The molecular formula is C10H22FN3. The lowest BCUT2D eigenvalue weighted by molar-refractivity contribution is 0.0546. The quantitative estimate of drug-likeness (QED) is 0.714. The highest BCUT2D eigenvalue weighted by Gasteiger charge is 2.28. The van der Waals surface area contributed by atoms with Gasteiger partial charge in [-0.3, -0.25) is 9.80 Å². The normalized spacial score (nSPS) is 21.4. The first-order chi connectivity index (χ1) is 6.60. The highest BCUT2D eigenvalue weighted by Crippen LogP contribution is 2.15. The number of rotatable bonds is 4. The summed E-state index contributed by atoms with van der Waals surface area (Å²) in [4.78, 5) is 4.56. The Hall–Kier alpha value is -0.190. The third-order valence-electron chi connectivity index (χ3n) is 3.13. The Kier molecular flexibility index (Phi) is 4.29. The summed E-state index contributed by atoms with van der Waals surface area (Å²) in [6.45, 7) is 9.29. The van der Waals surface area contributed by atoms with E-state index in [0.29, 0.717) is 13.1 Å². The van der Waals surface area contributed by atoms with Crippen LogP contribution in [-0.2, 0) is 0 Å². The van der Waals surface area contributed by atoms with Crippen molar-refractivity contribution in [1.82, 2.24) is 9.80 Å². The number of alkyl halides is 1. The molecule has 0 spiro atoms. The molecule has 0 atom stereocenters. The van der Waals surface area contributed by atoms with Crippen molar-refractivity contribution in [3.63, 3.8) is 0 Å². The lowest BCUT2D eigenvalue weighted by Crippen LogP contribution is -2.57. The monoisotopic (exact) mass is 203 g/mol. The molecule has 1 rings (SSSR count). The predicted molar refractivity (Wildman–Crippen MR) is 57.1 cm³/mol. The molecule has 1 heterocycles. The fourth-order valence-electron chi connectivity index (χ4n) is 1.83. The fraction of sp³-hybridized carbons (Fsp3) is 1.00. The van der Waals surface area contributed by atoms with Gasteiger partial charge < -0.3 is 5.73 Å². The Morgan fingerprint density at radius 3 is 2.21 bits per heavy atom. The molecule has 1 fully saturated rings. The number of halogens is 1. The lowest BCUT2D eigenvalue weighted by atomic mass is 10.0. The smallest absolute Gasteiger partial charge is 0.102 e. The Bertz CT molecular complexity index is 165. The molecule has 14 heavy (non-hydrogen) atoms. The van der Waals surface area contributed by atoms with Gasteiger partial charge in [0.05, 0.1) is 0 Å². The Labute approximate surface area is 86.0 Å². The van der Waals surface area contributed by atoms with Gasteiger partial charge in [-0.05, 0) is 13.8 Å². The molecule has 0 aromatic carbocycles. The van der Waals surface area contributed by atoms with Gasteiger partial charge in [0.2, 0.25) is 0 Å². The standard InChI is InChI=1S/C10H22FN3/c1-10(2,9-12)14-7-5-13(4-3-11)6-8-14/h3-9,12H2,1-2H3. The van der Waals surface area contributed by atoms with Crippen LogP contribution in [0.15, 0.2) is 0 Å². The van der Waals surface area contributed by atoms with Crippen molar-refractivity contribution in [1.29, 1.82) is 0 Å². The average molecular weight is 203 g/mol. The fourth-order valence-corrected chi connectivity index (χ4v) is 1.83. The van der Waals surface area contributed by atoms with Crippen LogP contribution in [0.25, 0.3) is 0 Å². The van der Waals surface area contributed by atoms with E-state index in [4.69, 9.17) is 5.73 Å². The second kappa shape index (κ2) is 5.05. The van der Waals surface area contributed by atoms with Gasteiger partial charge in [-0.1, -0.05) is 0 Å². The molecule has 4 heteroatoms. The van der Waals surface area contributed by atoms with Gasteiger partial charge >= 0.3 is 0 Å². The average Bonchev–Trinajstić information content (AvgIpc) is 2.19. The van der Waals surface area contributed by atoms with Gasteiger partial charge in [0.1, 0.15) is 6.67 Å². The zero-order valence-corrected chi connectivity index (χ0v) is 9.30. The number of piperazine rings is 1. The molecule has 1 aliphatic rings. The summed E-state index contributed by atoms with van der Waals surface area (Å²) in [6, 6.07) is 0. The van der Waals surface area contributed by atoms with Gasteiger partial charge in [0, 0.05) is 44.8 Å². The van der Waals surface area contributed by atoms with Gasteiger partial charge in [-0.2, -0.15) is 0 Å². The maximum atomic E-state index is 12.1. The van der Waals surface area contributed by atoms with E-state index in [1.54, 1.807) is 0 Å². The largest absolute Gasteiger partial charge is 0.329 e. The van der Waals surface area contributed by atoms with Gasteiger partial charge in [0.15, 0.2) is 0 Å². The summed E-state index contributed by atoms with van der Waals surface area (Å²) in [7, 11) is 0. The minimum Gasteiger partial charge on any atom is -0.329 e. The molecule has 3 nitrogen and oxygen atoms in total. The highest BCUT2D eigenvalue weighted by molar-refractivity contribution is 4.86. The Balaban J connectivity index is 2.35. The topological polar surface area (TPSA) is 32.5 Å². The molecule has 0 aromatic rings. The number of hydrogen-bond donors (Lipinski definition) is 1. The molecule has 0 unspecified atom stereocenters. The lowest BCUT2D eigenvalue weighted by Gasteiger charge is -2.43. The summed E-state index contributed by atoms with van der Waals surface area (Å²) in [6.07, 6.45) is 0. The predicted octanol–water partition coefficient (Wildman–Crippen LogP) is 0.311. The van der Waals surface area contributed by atoms with E-state index in [-0.39, 0.29) is 12.2 Å². The number of nitrogens with two attached hydrogens (primary N) is 1. The van der Waals surface area contributed by atoms with Crippen LogP contribution in [0.1, 0.15) is 13.8 Å². The van der Waals surface area contributed by atoms with Crippen molar-refractivity contribution in [3.8, 4) is 0 Å². The number of hydrogen-bond acceptors (Lipinski definition) is 3. The minimum absolute atomic E-state index is 0.0851. The Morgan fingerprint density at radius 1 is 1.21 bits per heavy atom. The Morgan fingerprint density at radius 2 is 1.79 bits per heavy atom. The first kappa shape index (κ1) is 11.9.